The van der Waals surface area contributed by atoms with Gasteiger partial charge in [-0.3, -0.25) is 0 Å². The van der Waals surface area contributed by atoms with Crippen LogP contribution in [-0.2, 0) is 0 Å². The minimum absolute atomic E-state index is 0.560. The molecule has 0 saturated heterocycles. The van der Waals surface area contributed by atoms with Gasteiger partial charge in [0.05, 0.1) is 0 Å². The van der Waals surface area contributed by atoms with E-state index in [2.05, 4.69) is 43.0 Å². The van der Waals surface area contributed by atoms with E-state index in [0.717, 1.165) is 17.0 Å². The van der Waals surface area contributed by atoms with Crippen molar-refractivity contribution in [2.24, 2.45) is 5.92 Å². The molecule has 0 bridgehead atoms. The van der Waals surface area contributed by atoms with E-state index in [1.54, 1.807) is 24.3 Å². The number of thioether (sulfide) groups is 1. The summed E-state index contributed by atoms with van der Waals surface area (Å²) in [7, 11) is 0. The summed E-state index contributed by atoms with van der Waals surface area (Å²) in [5.74, 6) is 5.55. The van der Waals surface area contributed by atoms with Crippen molar-refractivity contribution in [1.29, 1.82) is 0 Å². The van der Waals surface area contributed by atoms with Crippen molar-refractivity contribution in [1.82, 2.24) is 0 Å². The molecule has 0 aromatic heterocycles. The number of rotatable bonds is 7. The first-order valence-electron chi connectivity index (χ1n) is 10.8. The van der Waals surface area contributed by atoms with E-state index in [9.17, 15) is 8.78 Å². The highest BCUT2D eigenvalue weighted by molar-refractivity contribution is 7.99. The fourth-order valence-electron chi connectivity index (χ4n) is 4.17. The second-order valence-electron chi connectivity index (χ2n) is 7.99. The summed E-state index contributed by atoms with van der Waals surface area (Å²) in [6, 6.07) is 15.7. The Kier molecular flexibility index (Phi) is 8.62. The Bertz CT molecular complexity index is 791. The van der Waals surface area contributed by atoms with Crippen LogP contribution in [0.25, 0.3) is 0 Å². The Morgan fingerprint density at radius 3 is 2.00 bits per heavy atom. The monoisotopic (exact) mass is 412 g/mol. The van der Waals surface area contributed by atoms with Crippen molar-refractivity contribution < 1.29 is 8.78 Å². The smallest absolute Gasteiger partial charge is 0.198 e. The summed E-state index contributed by atoms with van der Waals surface area (Å²) in [4.78, 5) is 0.565. The quantitative estimate of drug-likeness (QED) is 0.250. The fourth-order valence-corrected chi connectivity index (χ4v) is 4.67. The molecular weight excluding hydrogens is 382 g/mol. The second kappa shape index (κ2) is 11.4. The summed E-state index contributed by atoms with van der Waals surface area (Å²) in [6.45, 7) is 2.27. The molecule has 0 N–H and O–H groups in total. The van der Waals surface area contributed by atoms with Crippen LogP contribution in [0, 0.1) is 17.8 Å². The lowest BCUT2D eigenvalue weighted by Gasteiger charge is -2.29. The predicted molar refractivity (Wildman–Crippen MR) is 120 cm³/mol. The maximum Gasteiger partial charge on any atom is 0.288 e. The van der Waals surface area contributed by atoms with Crippen LogP contribution >= 0.6 is 11.8 Å². The van der Waals surface area contributed by atoms with Crippen LogP contribution < -0.4 is 0 Å². The van der Waals surface area contributed by atoms with Crippen molar-refractivity contribution in [3.63, 3.8) is 0 Å². The van der Waals surface area contributed by atoms with E-state index in [1.165, 1.54) is 56.9 Å². The lowest BCUT2D eigenvalue weighted by molar-refractivity contribution is 0.252. The largest absolute Gasteiger partial charge is 0.288 e. The Balaban J connectivity index is 1.51. The highest BCUT2D eigenvalue weighted by atomic mass is 32.2. The zero-order chi connectivity index (χ0) is 20.5. The van der Waals surface area contributed by atoms with Crippen molar-refractivity contribution in [2.45, 2.75) is 74.9 Å². The molecule has 154 valence electrons. The van der Waals surface area contributed by atoms with Gasteiger partial charge in [-0.05, 0) is 79.5 Å². The molecule has 0 heterocycles. The number of halogens is 2. The van der Waals surface area contributed by atoms with Gasteiger partial charge in [0.15, 0.2) is 0 Å². The van der Waals surface area contributed by atoms with Crippen LogP contribution in [0.4, 0.5) is 8.78 Å². The van der Waals surface area contributed by atoms with Crippen molar-refractivity contribution in [3.8, 4) is 11.8 Å². The van der Waals surface area contributed by atoms with Gasteiger partial charge in [-0.25, -0.2) is 0 Å². The van der Waals surface area contributed by atoms with Gasteiger partial charge in [0, 0.05) is 16.0 Å². The van der Waals surface area contributed by atoms with Crippen LogP contribution in [-0.4, -0.2) is 5.76 Å². The highest BCUT2D eigenvalue weighted by Gasteiger charge is 2.21. The molecule has 3 rings (SSSR count). The van der Waals surface area contributed by atoms with Crippen LogP contribution in [0.5, 0.6) is 0 Å². The number of alkyl halides is 2. The van der Waals surface area contributed by atoms with Gasteiger partial charge >= 0.3 is 0 Å². The topological polar surface area (TPSA) is 0 Å². The van der Waals surface area contributed by atoms with E-state index in [1.807, 2.05) is 0 Å². The van der Waals surface area contributed by atoms with Crippen molar-refractivity contribution in [2.75, 3.05) is 0 Å². The molecule has 2 aromatic rings. The summed E-state index contributed by atoms with van der Waals surface area (Å²) < 4.78 is 24.7. The Hall–Kier alpha value is -1.79. The van der Waals surface area contributed by atoms with E-state index in [-0.39, 0.29) is 0 Å². The zero-order valence-electron chi connectivity index (χ0n) is 17.2. The van der Waals surface area contributed by atoms with Gasteiger partial charge in [0.1, 0.15) is 0 Å². The number of hydrogen-bond donors (Lipinski definition) is 0. The van der Waals surface area contributed by atoms with Crippen LogP contribution in [0.15, 0.2) is 53.4 Å². The molecular formula is C26H30F2S. The summed E-state index contributed by atoms with van der Waals surface area (Å²) >= 11 is 0.560. The van der Waals surface area contributed by atoms with E-state index in [0.29, 0.717) is 22.6 Å². The molecule has 0 amide bonds. The fraction of sp³-hybridized carbons (Fsp3) is 0.462. The lowest BCUT2D eigenvalue weighted by Crippen LogP contribution is -2.13. The zero-order valence-corrected chi connectivity index (χ0v) is 18.0. The van der Waals surface area contributed by atoms with Crippen LogP contribution in [0.3, 0.4) is 0 Å². The van der Waals surface area contributed by atoms with Crippen LogP contribution in [0.1, 0.15) is 80.9 Å². The maximum absolute atomic E-state index is 12.4. The molecule has 0 aliphatic heterocycles. The molecule has 3 heteroatoms. The summed E-state index contributed by atoms with van der Waals surface area (Å²) in [5.41, 5.74) is 3.28. The standard InChI is InChI=1S/C26H30F2S/c1-2-3-4-5-20-8-14-23(15-9-20)24-16-10-21(11-17-24)6-7-22-12-18-25(19-13-22)29-26(27)28/h10-13,16-20,23,26H,2-5,8-9,14-15H2,1H3. The molecule has 29 heavy (non-hydrogen) atoms. The highest BCUT2D eigenvalue weighted by Crippen LogP contribution is 2.37. The third-order valence-corrected chi connectivity index (χ3v) is 6.60. The van der Waals surface area contributed by atoms with Crippen molar-refractivity contribution in [3.05, 3.63) is 65.2 Å². The average Bonchev–Trinajstić information content (AvgIpc) is 2.74. The van der Waals surface area contributed by atoms with Crippen molar-refractivity contribution >= 4 is 11.8 Å². The molecule has 1 fully saturated rings. The first kappa shape index (κ1) is 21.9. The minimum Gasteiger partial charge on any atom is -0.198 e. The molecule has 1 aliphatic carbocycles. The summed E-state index contributed by atoms with van der Waals surface area (Å²) in [6.07, 6.45) is 10.9. The predicted octanol–water partition coefficient (Wildman–Crippen LogP) is 8.26. The molecule has 1 aliphatic rings. The van der Waals surface area contributed by atoms with Gasteiger partial charge in [0.2, 0.25) is 0 Å². The van der Waals surface area contributed by atoms with E-state index >= 15 is 0 Å². The number of hydrogen-bond acceptors (Lipinski definition) is 1. The van der Waals surface area contributed by atoms with Gasteiger partial charge in [-0.15, -0.1) is 0 Å². The van der Waals surface area contributed by atoms with Gasteiger partial charge in [-0.2, -0.15) is 8.78 Å². The second-order valence-corrected chi connectivity index (χ2v) is 9.05. The molecule has 0 nitrogen and oxygen atoms in total. The van der Waals surface area contributed by atoms with Gasteiger partial charge in [-0.1, -0.05) is 68.3 Å². The SMILES string of the molecule is CCCCCC1CCC(c2ccc(C#Cc3ccc(SC(F)F)cc3)cc2)CC1. The van der Waals surface area contributed by atoms with E-state index < -0.39 is 5.76 Å². The van der Waals surface area contributed by atoms with E-state index in [4.69, 9.17) is 0 Å². The minimum atomic E-state index is -2.39. The number of benzene rings is 2. The Morgan fingerprint density at radius 1 is 0.862 bits per heavy atom. The molecule has 2 aromatic carbocycles. The molecule has 0 spiro atoms. The third-order valence-electron chi connectivity index (χ3n) is 5.88. The normalized spacial score (nSPS) is 19.0. The molecule has 1 saturated carbocycles. The first-order valence-corrected chi connectivity index (χ1v) is 11.7. The van der Waals surface area contributed by atoms with Gasteiger partial charge < -0.3 is 0 Å². The number of unbranched alkanes of at least 4 members (excludes halogenated alkanes) is 2. The lowest BCUT2D eigenvalue weighted by atomic mass is 9.77. The van der Waals surface area contributed by atoms with Gasteiger partial charge in [0.25, 0.3) is 5.76 Å². The Labute approximate surface area is 178 Å². The Morgan fingerprint density at radius 2 is 1.45 bits per heavy atom. The molecule has 0 unspecified atom stereocenters. The maximum atomic E-state index is 12.4. The molecule has 0 atom stereocenters. The van der Waals surface area contributed by atoms with Crippen LogP contribution in [0.2, 0.25) is 0 Å². The third kappa shape index (κ3) is 7.19. The molecule has 0 radical (unpaired) electrons. The average molecular weight is 413 g/mol. The first-order chi connectivity index (χ1) is 14.1. The summed E-state index contributed by atoms with van der Waals surface area (Å²) in [5, 5.41) is 0.